The minimum atomic E-state index is 0.119. The summed E-state index contributed by atoms with van der Waals surface area (Å²) in [5.74, 6) is 0.119. The van der Waals surface area contributed by atoms with Gasteiger partial charge in [0.2, 0.25) is 0 Å². The Labute approximate surface area is 108 Å². The van der Waals surface area contributed by atoms with Crippen molar-refractivity contribution in [1.29, 1.82) is 0 Å². The Bertz CT molecular complexity index is 445. The number of amides is 1. The first kappa shape index (κ1) is 12.9. The standard InChI is InChI=1S/C14H21N3O/c1-11-10-12(4-5-13(11)15)14(18)17-7-3-6-16(2)8-9-17/h4-5,10H,3,6-9,15H2,1-2H3. The van der Waals surface area contributed by atoms with Crippen LogP contribution in [0.15, 0.2) is 18.2 Å². The molecule has 1 aliphatic heterocycles. The molecule has 0 aromatic heterocycles. The summed E-state index contributed by atoms with van der Waals surface area (Å²) in [5.41, 5.74) is 8.22. The number of nitrogens with two attached hydrogens (primary N) is 1. The summed E-state index contributed by atoms with van der Waals surface area (Å²) in [5, 5.41) is 0. The maximum Gasteiger partial charge on any atom is 0.253 e. The van der Waals surface area contributed by atoms with E-state index in [0.717, 1.165) is 49.4 Å². The molecule has 0 aliphatic carbocycles. The number of likely N-dealkylation sites (N-methyl/N-ethyl adjacent to an activating group) is 1. The summed E-state index contributed by atoms with van der Waals surface area (Å²) >= 11 is 0. The molecule has 4 heteroatoms. The predicted octanol–water partition coefficient (Wildman–Crippen LogP) is 1.35. The second-order valence-corrected chi connectivity index (χ2v) is 5.02. The molecule has 1 fully saturated rings. The van der Waals surface area contributed by atoms with Gasteiger partial charge in [-0.3, -0.25) is 4.79 Å². The molecular weight excluding hydrogens is 226 g/mol. The molecule has 1 amide bonds. The Morgan fingerprint density at radius 1 is 1.22 bits per heavy atom. The van der Waals surface area contributed by atoms with Gasteiger partial charge in [0.05, 0.1) is 0 Å². The van der Waals surface area contributed by atoms with Gasteiger partial charge in [0.1, 0.15) is 0 Å². The van der Waals surface area contributed by atoms with Crippen LogP contribution in [0.2, 0.25) is 0 Å². The van der Waals surface area contributed by atoms with Crippen molar-refractivity contribution in [1.82, 2.24) is 9.80 Å². The molecule has 0 bridgehead atoms. The maximum absolute atomic E-state index is 12.4. The fourth-order valence-corrected chi connectivity index (χ4v) is 2.24. The summed E-state index contributed by atoms with van der Waals surface area (Å²) in [7, 11) is 2.10. The Hall–Kier alpha value is -1.55. The molecule has 1 aromatic rings. The summed E-state index contributed by atoms with van der Waals surface area (Å²) in [6.07, 6.45) is 1.04. The molecule has 98 valence electrons. The predicted molar refractivity (Wildman–Crippen MR) is 73.6 cm³/mol. The fourth-order valence-electron chi connectivity index (χ4n) is 2.24. The number of hydrogen-bond acceptors (Lipinski definition) is 3. The van der Waals surface area contributed by atoms with E-state index < -0.39 is 0 Å². The second kappa shape index (κ2) is 5.40. The van der Waals surface area contributed by atoms with Crippen molar-refractivity contribution in [3.63, 3.8) is 0 Å². The van der Waals surface area contributed by atoms with Crippen molar-refractivity contribution in [3.05, 3.63) is 29.3 Å². The van der Waals surface area contributed by atoms with Crippen LogP contribution in [-0.4, -0.2) is 48.9 Å². The highest BCUT2D eigenvalue weighted by molar-refractivity contribution is 5.94. The molecule has 0 radical (unpaired) electrons. The number of carbonyl (C=O) groups excluding carboxylic acids is 1. The normalized spacial score (nSPS) is 17.6. The summed E-state index contributed by atoms with van der Waals surface area (Å²) in [4.78, 5) is 16.6. The van der Waals surface area contributed by atoms with Crippen molar-refractivity contribution >= 4 is 11.6 Å². The van der Waals surface area contributed by atoms with Gasteiger partial charge in [0.15, 0.2) is 0 Å². The fraction of sp³-hybridized carbons (Fsp3) is 0.500. The first-order valence-corrected chi connectivity index (χ1v) is 6.42. The summed E-state index contributed by atoms with van der Waals surface area (Å²) < 4.78 is 0. The zero-order valence-electron chi connectivity index (χ0n) is 11.1. The first-order valence-electron chi connectivity index (χ1n) is 6.42. The van der Waals surface area contributed by atoms with Crippen LogP contribution in [0, 0.1) is 6.92 Å². The van der Waals surface area contributed by atoms with Gasteiger partial charge in [0, 0.05) is 30.9 Å². The number of nitrogens with zero attached hydrogens (tertiary/aromatic N) is 2. The van der Waals surface area contributed by atoms with Gasteiger partial charge in [-0.05, 0) is 50.7 Å². The Balaban J connectivity index is 2.12. The van der Waals surface area contributed by atoms with Crippen molar-refractivity contribution in [2.45, 2.75) is 13.3 Å². The Morgan fingerprint density at radius 2 is 2.00 bits per heavy atom. The van der Waals surface area contributed by atoms with E-state index in [1.54, 1.807) is 0 Å². The van der Waals surface area contributed by atoms with E-state index in [1.807, 2.05) is 30.0 Å². The largest absolute Gasteiger partial charge is 0.399 e. The number of anilines is 1. The number of aryl methyl sites for hydroxylation is 1. The average Bonchev–Trinajstić information content (AvgIpc) is 2.57. The molecule has 2 N–H and O–H groups in total. The number of benzene rings is 1. The molecule has 0 saturated carbocycles. The molecule has 1 saturated heterocycles. The zero-order chi connectivity index (χ0) is 13.1. The SMILES string of the molecule is Cc1cc(C(=O)N2CCCN(C)CC2)ccc1N. The van der Waals surface area contributed by atoms with E-state index in [9.17, 15) is 4.79 Å². The lowest BCUT2D eigenvalue weighted by Crippen LogP contribution is -2.34. The molecule has 0 unspecified atom stereocenters. The van der Waals surface area contributed by atoms with Gasteiger partial charge in [-0.25, -0.2) is 0 Å². The maximum atomic E-state index is 12.4. The number of carbonyl (C=O) groups is 1. The van der Waals surface area contributed by atoms with Gasteiger partial charge in [0.25, 0.3) is 5.91 Å². The third-order valence-corrected chi connectivity index (χ3v) is 3.52. The topological polar surface area (TPSA) is 49.6 Å². The van der Waals surface area contributed by atoms with Gasteiger partial charge in [-0.2, -0.15) is 0 Å². The minimum Gasteiger partial charge on any atom is -0.399 e. The highest BCUT2D eigenvalue weighted by Gasteiger charge is 2.18. The molecule has 1 aliphatic rings. The summed E-state index contributed by atoms with van der Waals surface area (Å²) in [6, 6.07) is 5.51. The molecule has 2 rings (SSSR count). The van der Waals surface area contributed by atoms with Crippen LogP contribution in [0.4, 0.5) is 5.69 Å². The number of rotatable bonds is 1. The van der Waals surface area contributed by atoms with E-state index in [1.165, 1.54) is 0 Å². The molecule has 1 aromatic carbocycles. The van der Waals surface area contributed by atoms with Gasteiger partial charge >= 0.3 is 0 Å². The monoisotopic (exact) mass is 247 g/mol. The molecule has 0 spiro atoms. The van der Waals surface area contributed by atoms with Crippen LogP contribution < -0.4 is 5.73 Å². The van der Waals surface area contributed by atoms with Crippen LogP contribution in [0.3, 0.4) is 0 Å². The summed E-state index contributed by atoms with van der Waals surface area (Å²) in [6.45, 7) is 5.58. The van der Waals surface area contributed by atoms with Crippen LogP contribution in [0.25, 0.3) is 0 Å². The van der Waals surface area contributed by atoms with Gasteiger partial charge < -0.3 is 15.5 Å². The molecule has 18 heavy (non-hydrogen) atoms. The Kier molecular flexibility index (Phi) is 3.87. The van der Waals surface area contributed by atoms with Crippen LogP contribution in [0.5, 0.6) is 0 Å². The van der Waals surface area contributed by atoms with E-state index in [-0.39, 0.29) is 5.91 Å². The molecule has 0 atom stereocenters. The number of hydrogen-bond donors (Lipinski definition) is 1. The lowest BCUT2D eigenvalue weighted by molar-refractivity contribution is 0.0763. The third-order valence-electron chi connectivity index (χ3n) is 3.52. The Morgan fingerprint density at radius 3 is 2.72 bits per heavy atom. The average molecular weight is 247 g/mol. The molecule has 4 nitrogen and oxygen atoms in total. The van der Waals surface area contributed by atoms with E-state index >= 15 is 0 Å². The molecule has 1 heterocycles. The zero-order valence-corrected chi connectivity index (χ0v) is 11.1. The minimum absolute atomic E-state index is 0.119. The van der Waals surface area contributed by atoms with Gasteiger partial charge in [-0.15, -0.1) is 0 Å². The van der Waals surface area contributed by atoms with Crippen molar-refractivity contribution in [2.24, 2.45) is 0 Å². The van der Waals surface area contributed by atoms with E-state index in [4.69, 9.17) is 5.73 Å². The van der Waals surface area contributed by atoms with Crippen LogP contribution >= 0.6 is 0 Å². The van der Waals surface area contributed by atoms with Gasteiger partial charge in [-0.1, -0.05) is 0 Å². The van der Waals surface area contributed by atoms with Crippen LogP contribution in [0.1, 0.15) is 22.3 Å². The molecular formula is C14H21N3O. The lowest BCUT2D eigenvalue weighted by Gasteiger charge is -2.21. The van der Waals surface area contributed by atoms with Crippen molar-refractivity contribution < 1.29 is 4.79 Å². The second-order valence-electron chi connectivity index (χ2n) is 5.02. The van der Waals surface area contributed by atoms with Crippen LogP contribution in [-0.2, 0) is 0 Å². The van der Waals surface area contributed by atoms with Crippen molar-refractivity contribution in [2.75, 3.05) is 39.0 Å². The quantitative estimate of drug-likeness (QED) is 0.762. The highest BCUT2D eigenvalue weighted by Crippen LogP contribution is 2.15. The van der Waals surface area contributed by atoms with E-state index in [2.05, 4.69) is 11.9 Å². The smallest absolute Gasteiger partial charge is 0.253 e. The lowest BCUT2D eigenvalue weighted by atomic mass is 10.1. The van der Waals surface area contributed by atoms with Crippen molar-refractivity contribution in [3.8, 4) is 0 Å². The first-order chi connectivity index (χ1) is 8.58. The number of nitrogen functional groups attached to an aromatic ring is 1. The van der Waals surface area contributed by atoms with E-state index in [0.29, 0.717) is 0 Å². The third kappa shape index (κ3) is 2.82. The highest BCUT2D eigenvalue weighted by atomic mass is 16.2.